The maximum absolute atomic E-state index is 14.4. The van der Waals surface area contributed by atoms with E-state index in [9.17, 15) is 9.59 Å². The number of para-hydroxylation sites is 1. The molecule has 10 aromatic carbocycles. The lowest BCUT2D eigenvalue weighted by molar-refractivity contribution is 0.649. The molecule has 66 heavy (non-hydrogen) atoms. The van der Waals surface area contributed by atoms with Crippen molar-refractivity contribution in [2.75, 3.05) is 0 Å². The minimum atomic E-state index is -0.256. The van der Waals surface area contributed by atoms with Crippen LogP contribution in [-0.2, 0) is 0 Å². The standard InChI is InChI=1S/C62H38O4/c63-60-53-23-13-14-24-56(53)66-62-55(60)27-28-57-59(62)61(64)54-26-25-43(38-58(54)65-57)48-35-51(49-31-44(39-15-5-1-6-16-39)29-45(32-49)40-17-7-2-8-18-40)37-52(36-48)50-33-46(41-19-9-3-10-20-41)30-47(34-50)42-21-11-4-12-22-42/h1-38H. The zero-order valence-corrected chi connectivity index (χ0v) is 35.6. The molecule has 0 bridgehead atoms. The van der Waals surface area contributed by atoms with E-state index in [-0.39, 0.29) is 21.8 Å². The first-order chi connectivity index (χ1) is 32.5. The smallest absolute Gasteiger partial charge is 0.204 e. The van der Waals surface area contributed by atoms with Gasteiger partial charge >= 0.3 is 0 Å². The predicted octanol–water partition coefficient (Wildman–Crippen LogP) is 15.9. The summed E-state index contributed by atoms with van der Waals surface area (Å²) in [5, 5.41) is 1.45. The molecule has 12 rings (SSSR count). The fourth-order valence-corrected chi connectivity index (χ4v) is 9.28. The minimum Gasteiger partial charge on any atom is -0.456 e. The van der Waals surface area contributed by atoms with Gasteiger partial charge in [0.25, 0.3) is 0 Å². The molecule has 0 aliphatic rings. The second-order valence-electron chi connectivity index (χ2n) is 16.7. The maximum atomic E-state index is 14.4. The molecule has 0 amide bonds. The fraction of sp³-hybridized carbons (Fsp3) is 0. The van der Waals surface area contributed by atoms with E-state index in [2.05, 4.69) is 152 Å². The van der Waals surface area contributed by atoms with E-state index >= 15 is 0 Å². The van der Waals surface area contributed by atoms with Crippen LogP contribution in [0.3, 0.4) is 0 Å². The number of hydrogen-bond donors (Lipinski definition) is 0. The first-order valence-electron chi connectivity index (χ1n) is 22.0. The summed E-state index contributed by atoms with van der Waals surface area (Å²) in [7, 11) is 0. The van der Waals surface area contributed by atoms with Crippen LogP contribution in [0.15, 0.2) is 249 Å². The van der Waals surface area contributed by atoms with Crippen LogP contribution in [-0.4, -0.2) is 0 Å². The molecule has 0 atom stereocenters. The lowest BCUT2D eigenvalue weighted by Gasteiger charge is -2.16. The van der Waals surface area contributed by atoms with E-state index in [0.717, 1.165) is 77.9 Å². The van der Waals surface area contributed by atoms with Crippen molar-refractivity contribution in [2.24, 2.45) is 0 Å². The molecule has 4 heteroatoms. The van der Waals surface area contributed by atoms with Gasteiger partial charge in [0.1, 0.15) is 22.1 Å². The van der Waals surface area contributed by atoms with Crippen LogP contribution in [0.1, 0.15) is 0 Å². The van der Waals surface area contributed by atoms with Crippen LogP contribution in [0.2, 0.25) is 0 Å². The summed E-state index contributed by atoms with van der Waals surface area (Å²) < 4.78 is 12.8. The third kappa shape index (κ3) is 6.98. The summed E-state index contributed by atoms with van der Waals surface area (Å²) in [5.41, 5.74) is 16.1. The van der Waals surface area contributed by atoms with Gasteiger partial charge in [0.15, 0.2) is 5.58 Å². The van der Waals surface area contributed by atoms with E-state index in [1.54, 1.807) is 30.3 Å². The SMILES string of the molecule is O=c1c2ccccc2oc2c1ccc1oc3cc(-c4cc(-c5cc(-c6ccccc6)cc(-c6ccccc6)c5)cc(-c5cc(-c6ccccc6)cc(-c6ccccc6)c5)c4)ccc3c(=O)c12. The highest BCUT2D eigenvalue weighted by atomic mass is 16.3. The van der Waals surface area contributed by atoms with Crippen molar-refractivity contribution >= 4 is 43.9 Å². The van der Waals surface area contributed by atoms with Gasteiger partial charge in [0.2, 0.25) is 10.9 Å². The van der Waals surface area contributed by atoms with Gasteiger partial charge in [0.05, 0.1) is 16.2 Å². The largest absolute Gasteiger partial charge is 0.456 e. The lowest BCUT2D eigenvalue weighted by Crippen LogP contribution is -2.07. The molecule has 2 aromatic heterocycles. The summed E-state index contributed by atoms with van der Waals surface area (Å²) in [6.45, 7) is 0. The molecule has 0 N–H and O–H groups in total. The highest BCUT2D eigenvalue weighted by Gasteiger charge is 2.19. The van der Waals surface area contributed by atoms with E-state index in [1.807, 2.05) is 48.5 Å². The lowest BCUT2D eigenvalue weighted by atomic mass is 9.88. The van der Waals surface area contributed by atoms with Gasteiger partial charge in [-0.2, -0.15) is 0 Å². The van der Waals surface area contributed by atoms with Crippen LogP contribution in [0.4, 0.5) is 0 Å². The summed E-state index contributed by atoms with van der Waals surface area (Å²) >= 11 is 0. The molecule has 0 fully saturated rings. The Morgan fingerprint density at radius 2 is 0.591 bits per heavy atom. The summed E-state index contributed by atoms with van der Waals surface area (Å²) in [4.78, 5) is 28.0. The predicted molar refractivity (Wildman–Crippen MR) is 272 cm³/mol. The Morgan fingerprint density at radius 1 is 0.227 bits per heavy atom. The zero-order valence-electron chi connectivity index (χ0n) is 35.6. The quantitative estimate of drug-likeness (QED) is 0.118. The number of hydrogen-bond acceptors (Lipinski definition) is 4. The van der Waals surface area contributed by atoms with Crippen molar-refractivity contribution < 1.29 is 8.83 Å². The van der Waals surface area contributed by atoms with Gasteiger partial charge < -0.3 is 8.83 Å². The Bertz CT molecular complexity index is 3690. The molecule has 4 nitrogen and oxygen atoms in total. The summed E-state index contributed by atoms with van der Waals surface area (Å²) in [5.74, 6) is 0. The second kappa shape index (κ2) is 16.0. The van der Waals surface area contributed by atoms with Gasteiger partial charge in [0, 0.05) is 0 Å². The summed E-state index contributed by atoms with van der Waals surface area (Å²) in [6.07, 6.45) is 0. The van der Waals surface area contributed by atoms with Crippen molar-refractivity contribution in [3.63, 3.8) is 0 Å². The first-order valence-corrected chi connectivity index (χ1v) is 22.0. The summed E-state index contributed by atoms with van der Waals surface area (Å²) in [6, 6.07) is 78.7. The van der Waals surface area contributed by atoms with Gasteiger partial charge in [-0.1, -0.05) is 140 Å². The molecule has 0 unspecified atom stereocenters. The van der Waals surface area contributed by atoms with Crippen LogP contribution in [0.25, 0.3) is 122 Å². The third-order valence-corrected chi connectivity index (χ3v) is 12.6. The molecule has 0 saturated carbocycles. The number of rotatable bonds is 7. The molecule has 2 heterocycles. The Morgan fingerprint density at radius 3 is 1.05 bits per heavy atom. The second-order valence-corrected chi connectivity index (χ2v) is 16.7. The molecule has 0 aliphatic heterocycles. The van der Waals surface area contributed by atoms with Crippen LogP contribution in [0, 0.1) is 0 Å². The van der Waals surface area contributed by atoms with Crippen molar-refractivity contribution in [3.8, 4) is 77.9 Å². The van der Waals surface area contributed by atoms with Gasteiger partial charge in [-0.15, -0.1) is 0 Å². The highest BCUT2D eigenvalue weighted by Crippen LogP contribution is 2.40. The molecule has 0 aliphatic carbocycles. The van der Waals surface area contributed by atoms with Gasteiger partial charge in [-0.05, 0) is 169 Å². The van der Waals surface area contributed by atoms with Crippen LogP contribution in [0.5, 0.6) is 0 Å². The van der Waals surface area contributed by atoms with Crippen LogP contribution < -0.4 is 10.9 Å². The Hall–Kier alpha value is -8.86. The van der Waals surface area contributed by atoms with E-state index in [4.69, 9.17) is 8.83 Å². The van der Waals surface area contributed by atoms with Crippen molar-refractivity contribution in [2.45, 2.75) is 0 Å². The van der Waals surface area contributed by atoms with E-state index in [1.165, 1.54) is 0 Å². The van der Waals surface area contributed by atoms with Crippen LogP contribution >= 0.6 is 0 Å². The number of fused-ring (bicyclic) bond motifs is 5. The zero-order chi connectivity index (χ0) is 44.1. The normalized spacial score (nSPS) is 11.5. The third-order valence-electron chi connectivity index (χ3n) is 12.6. The molecular formula is C62H38O4. The minimum absolute atomic E-state index is 0.185. The monoisotopic (exact) mass is 846 g/mol. The van der Waals surface area contributed by atoms with Crippen molar-refractivity contribution in [3.05, 3.63) is 251 Å². The molecular weight excluding hydrogens is 809 g/mol. The molecule has 0 saturated heterocycles. The molecule has 12 aromatic rings. The molecule has 0 radical (unpaired) electrons. The maximum Gasteiger partial charge on any atom is 0.204 e. The average Bonchev–Trinajstić information content (AvgIpc) is 3.39. The average molecular weight is 847 g/mol. The molecule has 0 spiro atoms. The van der Waals surface area contributed by atoms with Crippen molar-refractivity contribution in [1.82, 2.24) is 0 Å². The van der Waals surface area contributed by atoms with Crippen molar-refractivity contribution in [1.29, 1.82) is 0 Å². The topological polar surface area (TPSA) is 60.4 Å². The van der Waals surface area contributed by atoms with E-state index < -0.39 is 0 Å². The Balaban J connectivity index is 1.09. The van der Waals surface area contributed by atoms with E-state index in [0.29, 0.717) is 32.9 Å². The first kappa shape index (κ1) is 38.8. The van der Waals surface area contributed by atoms with Gasteiger partial charge in [-0.3, -0.25) is 9.59 Å². The molecule has 310 valence electrons. The fourth-order valence-electron chi connectivity index (χ4n) is 9.28. The Kier molecular flexibility index (Phi) is 9.43. The Labute approximate surface area is 379 Å². The highest BCUT2D eigenvalue weighted by molar-refractivity contribution is 6.07. The van der Waals surface area contributed by atoms with Gasteiger partial charge in [-0.25, -0.2) is 0 Å². The number of benzene rings is 10.